The van der Waals surface area contributed by atoms with Gasteiger partial charge in [-0.3, -0.25) is 9.59 Å². The van der Waals surface area contributed by atoms with E-state index in [1.54, 1.807) is 38.1 Å². The van der Waals surface area contributed by atoms with Crippen molar-refractivity contribution in [3.05, 3.63) is 99.5 Å². The van der Waals surface area contributed by atoms with Crippen LogP contribution in [-0.2, 0) is 41.6 Å². The van der Waals surface area contributed by atoms with Gasteiger partial charge in [-0.2, -0.15) is 0 Å². The summed E-state index contributed by atoms with van der Waals surface area (Å²) in [4.78, 5) is 42.6. The molecule has 0 aromatic heterocycles. The first-order valence-electron chi connectivity index (χ1n) is 17.1. The lowest BCUT2D eigenvalue weighted by molar-refractivity contribution is -0.222. The molecule has 2 fully saturated rings. The van der Waals surface area contributed by atoms with Gasteiger partial charge < -0.3 is 40.2 Å². The average Bonchev–Trinajstić information content (AvgIpc) is 3.56. The molecule has 5 rings (SSSR count). The maximum absolute atomic E-state index is 14.5. The van der Waals surface area contributed by atoms with E-state index in [4.69, 9.17) is 36.3 Å². The van der Waals surface area contributed by atoms with Gasteiger partial charge in [0, 0.05) is 28.1 Å². The molecule has 274 valence electrons. The number of ether oxygens (including phenoxy) is 4. The number of hydrogen-bond acceptors (Lipinski definition) is 7. The van der Waals surface area contributed by atoms with E-state index in [-0.39, 0.29) is 25.5 Å². The molecule has 0 bridgehead atoms. The maximum atomic E-state index is 14.5. The van der Waals surface area contributed by atoms with Crippen LogP contribution in [0, 0.1) is 5.92 Å². The topological polar surface area (TPSA) is 141 Å². The van der Waals surface area contributed by atoms with Gasteiger partial charge in [0.2, 0.25) is 11.8 Å². The van der Waals surface area contributed by atoms with E-state index in [0.29, 0.717) is 23.6 Å². The molecule has 2 aliphatic heterocycles. The number of anilines is 1. The molecule has 0 aliphatic carbocycles. The van der Waals surface area contributed by atoms with Crippen LogP contribution in [0.25, 0.3) is 0 Å². The molecule has 51 heavy (non-hydrogen) atoms. The third kappa shape index (κ3) is 10.8. The van der Waals surface area contributed by atoms with Crippen LogP contribution in [0.5, 0.6) is 0 Å². The Morgan fingerprint density at radius 1 is 0.980 bits per heavy atom. The van der Waals surface area contributed by atoms with Crippen molar-refractivity contribution in [2.45, 2.75) is 96.0 Å². The summed E-state index contributed by atoms with van der Waals surface area (Å²) in [7, 11) is 0. The van der Waals surface area contributed by atoms with E-state index >= 15 is 0 Å². The van der Waals surface area contributed by atoms with Gasteiger partial charge >= 0.3 is 6.03 Å². The summed E-state index contributed by atoms with van der Waals surface area (Å²) in [5.41, 5.74) is 8.20. The van der Waals surface area contributed by atoms with Crippen LogP contribution in [0.15, 0.2) is 83.3 Å². The molecule has 3 aromatic carbocycles. The summed E-state index contributed by atoms with van der Waals surface area (Å²) < 4.78 is 25.9. The first-order valence-corrected chi connectivity index (χ1v) is 18.3. The fourth-order valence-electron chi connectivity index (χ4n) is 6.38. The molecule has 6 atom stereocenters. The van der Waals surface area contributed by atoms with Crippen molar-refractivity contribution in [3.8, 4) is 0 Å². The number of primary amides is 1. The zero-order valence-electron chi connectivity index (χ0n) is 29.2. The highest BCUT2D eigenvalue weighted by Gasteiger charge is 2.57. The molecule has 3 aromatic rings. The second-order valence-electron chi connectivity index (χ2n) is 13.8. The van der Waals surface area contributed by atoms with Gasteiger partial charge in [-0.05, 0) is 80.1 Å². The van der Waals surface area contributed by atoms with Crippen molar-refractivity contribution in [2.75, 3.05) is 11.9 Å². The maximum Gasteiger partial charge on any atom is 0.322 e. The summed E-state index contributed by atoms with van der Waals surface area (Å²) in [6.07, 6.45) is -2.40. The summed E-state index contributed by atoms with van der Waals surface area (Å²) in [5.74, 6) is -1.99. The number of rotatable bonds is 15. The van der Waals surface area contributed by atoms with Crippen molar-refractivity contribution >= 4 is 51.1 Å². The van der Waals surface area contributed by atoms with Crippen LogP contribution in [0.1, 0.15) is 51.7 Å². The van der Waals surface area contributed by atoms with Crippen LogP contribution in [0.4, 0.5) is 10.5 Å². The number of carbonyl (C=O) groups excluding carboxylic acids is 3. The van der Waals surface area contributed by atoms with Gasteiger partial charge in [-0.15, -0.1) is 0 Å². The first kappa shape index (κ1) is 38.7. The number of benzene rings is 3. The molecule has 0 unspecified atom stereocenters. The second kappa shape index (κ2) is 17.3. The van der Waals surface area contributed by atoms with Crippen molar-refractivity contribution in [1.29, 1.82) is 0 Å². The fourth-order valence-corrected chi connectivity index (χ4v) is 6.77. The molecule has 2 heterocycles. The Bertz CT molecular complexity index is 1630. The zero-order chi connectivity index (χ0) is 36.7. The van der Waals surface area contributed by atoms with Gasteiger partial charge in [-0.1, -0.05) is 83.8 Å². The standard InChI is InChI=1S/C38H46BrClN4O7/c1-23(2)20-30(44(19-18-24-10-12-26(39)13-11-24)37(47)42-28-16-14-27(40)15-17-28)35(46)43-29(21-31(41)45)32-33(48-22-25-8-6-5-7-9-25)34-36(49-32)51-38(3,4)50-34/h5-17,23,29-30,32-34,36H,18-22H2,1-4H3,(H2,41,45)(H,42,47)(H,43,46)/t29-,30-,32-,33+,34-,36-/m0/s1. The fraction of sp³-hybridized carbons (Fsp3) is 0.447. The third-order valence-corrected chi connectivity index (χ3v) is 9.52. The number of urea groups is 1. The number of nitrogens with zero attached hydrogens (tertiary/aromatic N) is 1. The van der Waals surface area contributed by atoms with E-state index in [9.17, 15) is 14.4 Å². The molecule has 0 spiro atoms. The Morgan fingerprint density at radius 2 is 1.67 bits per heavy atom. The van der Waals surface area contributed by atoms with Crippen LogP contribution < -0.4 is 16.4 Å². The molecular weight excluding hydrogens is 740 g/mol. The lowest BCUT2D eigenvalue weighted by Gasteiger charge is -2.35. The smallest absolute Gasteiger partial charge is 0.322 e. The summed E-state index contributed by atoms with van der Waals surface area (Å²) in [6, 6.07) is 21.9. The molecule has 0 radical (unpaired) electrons. The highest BCUT2D eigenvalue weighted by Crippen LogP contribution is 2.40. The lowest BCUT2D eigenvalue weighted by atomic mass is 9.97. The molecule has 0 saturated carbocycles. The Labute approximate surface area is 312 Å². The summed E-state index contributed by atoms with van der Waals surface area (Å²) in [6.45, 7) is 8.01. The Kier molecular flexibility index (Phi) is 13.2. The Balaban J connectivity index is 1.42. The van der Waals surface area contributed by atoms with E-state index in [0.717, 1.165) is 15.6 Å². The second-order valence-corrected chi connectivity index (χ2v) is 15.1. The number of nitrogens with one attached hydrogen (secondary N) is 2. The highest BCUT2D eigenvalue weighted by atomic mass is 79.9. The minimum atomic E-state index is -0.924. The number of nitrogens with two attached hydrogens (primary N) is 1. The minimum Gasteiger partial charge on any atom is -0.370 e. The van der Waals surface area contributed by atoms with Crippen molar-refractivity contribution < 1.29 is 33.3 Å². The van der Waals surface area contributed by atoms with Gasteiger partial charge in [0.15, 0.2) is 12.1 Å². The van der Waals surface area contributed by atoms with Gasteiger partial charge in [0.05, 0.1) is 12.6 Å². The lowest BCUT2D eigenvalue weighted by Crippen LogP contribution is -2.58. The van der Waals surface area contributed by atoms with Gasteiger partial charge in [0.1, 0.15) is 24.4 Å². The van der Waals surface area contributed by atoms with E-state index in [2.05, 4.69) is 26.6 Å². The summed E-state index contributed by atoms with van der Waals surface area (Å²) in [5, 5.41) is 6.50. The largest absolute Gasteiger partial charge is 0.370 e. The predicted octanol–water partition coefficient (Wildman–Crippen LogP) is 6.42. The van der Waals surface area contributed by atoms with Crippen molar-refractivity contribution in [3.63, 3.8) is 0 Å². The first-order chi connectivity index (χ1) is 24.3. The molecule has 13 heteroatoms. The van der Waals surface area contributed by atoms with Gasteiger partial charge in [-0.25, -0.2) is 4.79 Å². The number of amides is 4. The number of halogens is 2. The van der Waals surface area contributed by atoms with Crippen LogP contribution >= 0.6 is 27.5 Å². The monoisotopic (exact) mass is 784 g/mol. The molecule has 11 nitrogen and oxygen atoms in total. The normalized spacial score (nSPS) is 21.9. The predicted molar refractivity (Wildman–Crippen MR) is 198 cm³/mol. The van der Waals surface area contributed by atoms with E-state index in [1.165, 1.54) is 4.90 Å². The summed E-state index contributed by atoms with van der Waals surface area (Å²) >= 11 is 9.56. The quantitative estimate of drug-likeness (QED) is 0.162. The molecule has 2 saturated heterocycles. The van der Waals surface area contributed by atoms with Crippen LogP contribution in [0.3, 0.4) is 0 Å². The SMILES string of the molecule is CC(C)C[C@@H](C(=O)N[C@@H](CC(N)=O)[C@@H]1O[C@H]2OC(C)(C)O[C@H]2[C@@H]1OCc1ccccc1)N(CCc1ccc(Br)cc1)C(=O)Nc1ccc(Cl)cc1. The van der Waals surface area contributed by atoms with Gasteiger partial charge in [0.25, 0.3) is 0 Å². The van der Waals surface area contributed by atoms with E-state index in [1.807, 2.05) is 68.4 Å². The molecular formula is C38H46BrClN4O7. The third-order valence-electron chi connectivity index (χ3n) is 8.74. The number of hydrogen-bond donors (Lipinski definition) is 3. The molecule has 4 N–H and O–H groups in total. The van der Waals surface area contributed by atoms with Crippen LogP contribution in [0.2, 0.25) is 5.02 Å². The molecule has 4 amide bonds. The zero-order valence-corrected chi connectivity index (χ0v) is 31.6. The Hall–Kier alpha value is -3.52. The number of fused-ring (bicyclic) bond motifs is 1. The van der Waals surface area contributed by atoms with Crippen LogP contribution in [-0.4, -0.2) is 71.8 Å². The Morgan fingerprint density at radius 3 is 2.31 bits per heavy atom. The van der Waals surface area contributed by atoms with Crippen molar-refractivity contribution in [1.82, 2.24) is 10.2 Å². The number of carbonyl (C=O) groups is 3. The highest BCUT2D eigenvalue weighted by molar-refractivity contribution is 9.10. The van der Waals surface area contributed by atoms with Crippen molar-refractivity contribution in [2.24, 2.45) is 11.7 Å². The minimum absolute atomic E-state index is 0.0296. The van der Waals surface area contributed by atoms with E-state index < -0.39 is 60.3 Å². The average molecular weight is 786 g/mol. The molecule has 2 aliphatic rings.